The zero-order chi connectivity index (χ0) is 15.6. The van der Waals surface area contributed by atoms with Crippen molar-refractivity contribution in [3.05, 3.63) is 34.9 Å². The van der Waals surface area contributed by atoms with Crippen molar-refractivity contribution in [2.24, 2.45) is 5.41 Å². The van der Waals surface area contributed by atoms with Gasteiger partial charge in [-0.05, 0) is 18.6 Å². The highest BCUT2D eigenvalue weighted by molar-refractivity contribution is 5.85. The fourth-order valence-corrected chi connectivity index (χ4v) is 3.02. The van der Waals surface area contributed by atoms with Gasteiger partial charge in [-0.15, -0.1) is 12.4 Å². The standard InChI is InChI=1S/C16H24F2N2O.ClH/c1-11-4-5-12(17)13(14(11)18)15(16(2,3)10-21)20-8-6-19-7-9-20;/h4-5,15,19,21H,6-10H2,1-3H3;1H/t15-;/m0./s1. The lowest BCUT2D eigenvalue weighted by Crippen LogP contribution is -2.50. The molecule has 1 aromatic carbocycles. The van der Waals surface area contributed by atoms with Gasteiger partial charge in [-0.1, -0.05) is 19.9 Å². The first kappa shape index (κ1) is 19.3. The Morgan fingerprint density at radius 3 is 2.41 bits per heavy atom. The molecule has 0 bridgehead atoms. The summed E-state index contributed by atoms with van der Waals surface area (Å²) in [5, 5.41) is 13.0. The molecular weight excluding hydrogens is 310 g/mol. The number of nitrogens with one attached hydrogen (secondary N) is 1. The molecule has 3 nitrogen and oxygen atoms in total. The summed E-state index contributed by atoms with van der Waals surface area (Å²) in [6, 6.07) is 2.29. The van der Waals surface area contributed by atoms with Gasteiger partial charge in [0, 0.05) is 49.8 Å². The molecule has 0 aromatic heterocycles. The minimum absolute atomic E-state index is 0. The van der Waals surface area contributed by atoms with Gasteiger partial charge in [-0.2, -0.15) is 0 Å². The van der Waals surface area contributed by atoms with Crippen LogP contribution in [0, 0.1) is 24.0 Å². The predicted molar refractivity (Wildman–Crippen MR) is 86.4 cm³/mol. The molecule has 126 valence electrons. The monoisotopic (exact) mass is 334 g/mol. The number of hydrogen-bond acceptors (Lipinski definition) is 3. The van der Waals surface area contributed by atoms with Crippen LogP contribution in [0.2, 0.25) is 0 Å². The Morgan fingerprint density at radius 2 is 1.86 bits per heavy atom. The lowest BCUT2D eigenvalue weighted by Gasteiger charge is -2.43. The van der Waals surface area contributed by atoms with Crippen LogP contribution in [-0.2, 0) is 0 Å². The third kappa shape index (κ3) is 3.77. The van der Waals surface area contributed by atoms with E-state index in [4.69, 9.17) is 0 Å². The fourth-order valence-electron chi connectivity index (χ4n) is 3.02. The Kier molecular flexibility index (Phi) is 6.74. The van der Waals surface area contributed by atoms with Crippen LogP contribution in [0.5, 0.6) is 0 Å². The molecule has 1 aliphatic rings. The van der Waals surface area contributed by atoms with E-state index in [0.717, 1.165) is 13.1 Å². The molecule has 1 heterocycles. The molecule has 6 heteroatoms. The highest BCUT2D eigenvalue weighted by atomic mass is 35.5. The third-order valence-corrected chi connectivity index (χ3v) is 4.26. The van der Waals surface area contributed by atoms with Crippen LogP contribution in [0.3, 0.4) is 0 Å². The fraction of sp³-hybridized carbons (Fsp3) is 0.625. The van der Waals surface area contributed by atoms with Crippen molar-refractivity contribution in [3.63, 3.8) is 0 Å². The second-order valence-electron chi connectivity index (χ2n) is 6.43. The third-order valence-electron chi connectivity index (χ3n) is 4.26. The van der Waals surface area contributed by atoms with Crippen molar-refractivity contribution in [1.29, 1.82) is 0 Å². The average Bonchev–Trinajstić information content (AvgIpc) is 2.48. The summed E-state index contributed by atoms with van der Waals surface area (Å²) < 4.78 is 28.9. The quantitative estimate of drug-likeness (QED) is 0.888. The van der Waals surface area contributed by atoms with Crippen molar-refractivity contribution < 1.29 is 13.9 Å². The molecule has 1 saturated heterocycles. The van der Waals surface area contributed by atoms with Gasteiger partial charge in [0.25, 0.3) is 0 Å². The van der Waals surface area contributed by atoms with E-state index in [2.05, 4.69) is 10.2 Å². The van der Waals surface area contributed by atoms with E-state index in [1.54, 1.807) is 6.92 Å². The van der Waals surface area contributed by atoms with Crippen molar-refractivity contribution >= 4 is 12.4 Å². The largest absolute Gasteiger partial charge is 0.396 e. The van der Waals surface area contributed by atoms with Crippen molar-refractivity contribution in [2.75, 3.05) is 32.8 Å². The molecule has 1 aromatic rings. The molecule has 22 heavy (non-hydrogen) atoms. The number of benzene rings is 1. The summed E-state index contributed by atoms with van der Waals surface area (Å²) >= 11 is 0. The van der Waals surface area contributed by atoms with Crippen LogP contribution in [0.25, 0.3) is 0 Å². The molecule has 0 aliphatic carbocycles. The number of rotatable bonds is 4. The van der Waals surface area contributed by atoms with Crippen molar-refractivity contribution in [2.45, 2.75) is 26.8 Å². The molecular formula is C16H25ClF2N2O. The summed E-state index contributed by atoms with van der Waals surface area (Å²) in [6.45, 7) is 8.19. The maximum absolute atomic E-state index is 14.6. The molecule has 2 rings (SSSR count). The first-order chi connectivity index (χ1) is 9.88. The van der Waals surface area contributed by atoms with E-state index in [1.807, 2.05) is 13.8 Å². The van der Waals surface area contributed by atoms with Gasteiger partial charge < -0.3 is 10.4 Å². The summed E-state index contributed by atoms with van der Waals surface area (Å²) in [5.74, 6) is -1.04. The van der Waals surface area contributed by atoms with Crippen LogP contribution >= 0.6 is 12.4 Å². The lowest BCUT2D eigenvalue weighted by atomic mass is 9.79. The van der Waals surface area contributed by atoms with E-state index in [1.165, 1.54) is 12.1 Å². The van der Waals surface area contributed by atoms with Crippen molar-refractivity contribution in [3.8, 4) is 0 Å². The SMILES string of the molecule is Cc1ccc(F)c([C@H](N2CCNCC2)C(C)(C)CO)c1F.Cl. The minimum Gasteiger partial charge on any atom is -0.396 e. The molecule has 0 unspecified atom stereocenters. The Hall–Kier alpha value is -0.750. The molecule has 1 atom stereocenters. The molecule has 0 spiro atoms. The zero-order valence-corrected chi connectivity index (χ0v) is 14.1. The van der Waals surface area contributed by atoms with Crippen LogP contribution in [0.4, 0.5) is 8.78 Å². The number of hydrogen-bond donors (Lipinski definition) is 2. The Bertz CT molecular complexity index is 505. The lowest BCUT2D eigenvalue weighted by molar-refractivity contribution is 0.0265. The summed E-state index contributed by atoms with van der Waals surface area (Å²) in [4.78, 5) is 2.06. The highest BCUT2D eigenvalue weighted by Crippen LogP contribution is 2.41. The Labute approximate surface area is 137 Å². The average molecular weight is 335 g/mol. The summed E-state index contributed by atoms with van der Waals surface area (Å²) in [5.41, 5.74) is -0.122. The van der Waals surface area contributed by atoms with E-state index in [-0.39, 0.29) is 24.6 Å². The van der Waals surface area contributed by atoms with E-state index < -0.39 is 23.1 Å². The van der Waals surface area contributed by atoms with Crippen LogP contribution in [0.15, 0.2) is 12.1 Å². The molecule has 0 saturated carbocycles. The van der Waals surface area contributed by atoms with E-state index >= 15 is 0 Å². The second kappa shape index (κ2) is 7.68. The van der Waals surface area contributed by atoms with Gasteiger partial charge >= 0.3 is 0 Å². The summed E-state index contributed by atoms with van der Waals surface area (Å²) in [6.07, 6.45) is 0. The molecule has 0 amide bonds. The number of piperazine rings is 1. The topological polar surface area (TPSA) is 35.5 Å². The predicted octanol–water partition coefficient (Wildman–Crippen LogP) is 2.66. The minimum atomic E-state index is -0.632. The molecule has 2 N–H and O–H groups in total. The maximum atomic E-state index is 14.6. The van der Waals surface area contributed by atoms with Gasteiger partial charge in [0.05, 0.1) is 0 Å². The summed E-state index contributed by atoms with van der Waals surface area (Å²) in [7, 11) is 0. The Balaban J connectivity index is 0.00000242. The number of halogens is 3. The molecule has 0 radical (unpaired) electrons. The number of aliphatic hydroxyl groups is 1. The zero-order valence-electron chi connectivity index (χ0n) is 13.3. The van der Waals surface area contributed by atoms with E-state index in [9.17, 15) is 13.9 Å². The second-order valence-corrected chi connectivity index (χ2v) is 6.43. The van der Waals surface area contributed by atoms with Gasteiger partial charge in [0.2, 0.25) is 0 Å². The van der Waals surface area contributed by atoms with Crippen LogP contribution < -0.4 is 5.32 Å². The first-order valence-corrected chi connectivity index (χ1v) is 7.38. The number of aliphatic hydroxyl groups excluding tert-OH is 1. The maximum Gasteiger partial charge on any atom is 0.133 e. The molecule has 1 aliphatic heterocycles. The number of nitrogens with zero attached hydrogens (tertiary/aromatic N) is 1. The van der Waals surface area contributed by atoms with Gasteiger partial charge in [0.1, 0.15) is 11.6 Å². The Morgan fingerprint density at radius 1 is 1.27 bits per heavy atom. The smallest absolute Gasteiger partial charge is 0.133 e. The first-order valence-electron chi connectivity index (χ1n) is 7.38. The normalized spacial score (nSPS) is 17.9. The number of aryl methyl sites for hydroxylation is 1. The van der Waals surface area contributed by atoms with Gasteiger partial charge in [-0.3, -0.25) is 4.90 Å². The van der Waals surface area contributed by atoms with Crippen LogP contribution in [0.1, 0.15) is 31.0 Å². The molecule has 1 fully saturated rings. The highest BCUT2D eigenvalue weighted by Gasteiger charge is 2.39. The van der Waals surface area contributed by atoms with Gasteiger partial charge in [-0.25, -0.2) is 8.78 Å². The van der Waals surface area contributed by atoms with Gasteiger partial charge in [0.15, 0.2) is 0 Å². The van der Waals surface area contributed by atoms with Crippen molar-refractivity contribution in [1.82, 2.24) is 10.2 Å². The van der Waals surface area contributed by atoms with Crippen LogP contribution in [-0.4, -0.2) is 42.8 Å². The van der Waals surface area contributed by atoms with E-state index in [0.29, 0.717) is 18.7 Å².